The zero-order chi connectivity index (χ0) is 15.1. The molecule has 0 atom stereocenters. The fourth-order valence-electron chi connectivity index (χ4n) is 2.76. The first-order chi connectivity index (χ1) is 10.7. The van der Waals surface area contributed by atoms with Gasteiger partial charge in [-0.05, 0) is 41.5 Å². The molecule has 22 heavy (non-hydrogen) atoms. The van der Waals surface area contributed by atoms with Crippen molar-refractivity contribution in [2.75, 3.05) is 11.1 Å². The summed E-state index contributed by atoms with van der Waals surface area (Å²) in [6, 6.07) is 11.3. The van der Waals surface area contributed by atoms with Crippen molar-refractivity contribution in [1.29, 1.82) is 0 Å². The van der Waals surface area contributed by atoms with Gasteiger partial charge in [0.25, 0.3) is 5.91 Å². The Balaban J connectivity index is 1.60. The predicted octanol–water partition coefficient (Wildman–Crippen LogP) is 2.00. The summed E-state index contributed by atoms with van der Waals surface area (Å²) >= 11 is 0. The molecule has 0 bridgehead atoms. The maximum atomic E-state index is 12.4. The Morgan fingerprint density at radius 2 is 2.00 bits per heavy atom. The van der Waals surface area contributed by atoms with Crippen LogP contribution in [0.3, 0.4) is 0 Å². The molecule has 5 N–H and O–H groups in total. The summed E-state index contributed by atoms with van der Waals surface area (Å²) in [7, 11) is 0. The molecular formula is C16H15N5O. The zero-order valence-electron chi connectivity index (χ0n) is 11.8. The molecule has 6 heteroatoms. The number of aromatic amines is 1. The van der Waals surface area contributed by atoms with Gasteiger partial charge in [0.2, 0.25) is 0 Å². The number of fused-ring (bicyclic) bond motifs is 2. The van der Waals surface area contributed by atoms with Gasteiger partial charge in [-0.1, -0.05) is 6.07 Å². The van der Waals surface area contributed by atoms with E-state index in [1.54, 1.807) is 18.2 Å². The van der Waals surface area contributed by atoms with Crippen molar-refractivity contribution in [2.45, 2.75) is 13.1 Å². The molecule has 0 aliphatic carbocycles. The summed E-state index contributed by atoms with van der Waals surface area (Å²) < 4.78 is 0. The highest BCUT2D eigenvalue weighted by Gasteiger charge is 2.13. The van der Waals surface area contributed by atoms with Crippen LogP contribution in [0.15, 0.2) is 36.4 Å². The third kappa shape index (κ3) is 2.10. The molecule has 1 aromatic heterocycles. The molecule has 6 nitrogen and oxygen atoms in total. The van der Waals surface area contributed by atoms with Gasteiger partial charge in [-0.15, -0.1) is 0 Å². The first kappa shape index (κ1) is 12.8. The second kappa shape index (κ2) is 4.85. The van der Waals surface area contributed by atoms with Crippen molar-refractivity contribution in [3.8, 4) is 0 Å². The lowest BCUT2D eigenvalue weighted by Crippen LogP contribution is -2.12. The number of anilines is 2. The second-order valence-corrected chi connectivity index (χ2v) is 5.41. The minimum absolute atomic E-state index is 0.152. The van der Waals surface area contributed by atoms with E-state index in [-0.39, 0.29) is 5.91 Å². The van der Waals surface area contributed by atoms with E-state index in [4.69, 9.17) is 5.73 Å². The van der Waals surface area contributed by atoms with Crippen LogP contribution in [-0.2, 0) is 13.1 Å². The fraction of sp³-hybridized carbons (Fsp3) is 0.125. The molecule has 1 aliphatic rings. The molecule has 110 valence electrons. The number of nitrogens with two attached hydrogens (primary N) is 1. The Hall–Kier alpha value is -2.86. The van der Waals surface area contributed by atoms with Crippen molar-refractivity contribution < 1.29 is 4.79 Å². The molecule has 1 aliphatic heterocycles. The molecule has 2 heterocycles. The number of nitrogen functional groups attached to an aromatic ring is 1. The first-order valence-corrected chi connectivity index (χ1v) is 7.08. The van der Waals surface area contributed by atoms with E-state index >= 15 is 0 Å². The smallest absolute Gasteiger partial charge is 0.255 e. The van der Waals surface area contributed by atoms with Gasteiger partial charge in [0.05, 0.1) is 5.52 Å². The number of rotatable bonds is 2. The van der Waals surface area contributed by atoms with E-state index in [9.17, 15) is 4.79 Å². The van der Waals surface area contributed by atoms with Gasteiger partial charge in [-0.3, -0.25) is 9.89 Å². The molecule has 4 rings (SSSR count). The highest BCUT2D eigenvalue weighted by Crippen LogP contribution is 2.22. The average molecular weight is 293 g/mol. The number of nitrogens with one attached hydrogen (secondary N) is 3. The molecule has 0 saturated carbocycles. The lowest BCUT2D eigenvalue weighted by molar-refractivity contribution is 0.102. The van der Waals surface area contributed by atoms with Crippen LogP contribution in [0.25, 0.3) is 10.9 Å². The quantitative estimate of drug-likeness (QED) is 0.581. The van der Waals surface area contributed by atoms with Crippen molar-refractivity contribution in [2.24, 2.45) is 0 Å². The SMILES string of the molecule is Nc1n[nH]c2cc(C(=O)Nc3ccc4c(c3)CNC4)ccc12. The number of amides is 1. The molecule has 0 radical (unpaired) electrons. The highest BCUT2D eigenvalue weighted by atomic mass is 16.1. The van der Waals surface area contributed by atoms with E-state index in [0.717, 1.165) is 29.7 Å². The summed E-state index contributed by atoms with van der Waals surface area (Å²) in [5, 5.41) is 13.8. The number of carbonyl (C=O) groups is 1. The minimum atomic E-state index is -0.152. The second-order valence-electron chi connectivity index (χ2n) is 5.41. The number of benzene rings is 2. The third-order valence-corrected chi connectivity index (χ3v) is 3.95. The largest absolute Gasteiger partial charge is 0.382 e. The summed E-state index contributed by atoms with van der Waals surface area (Å²) in [5.74, 6) is 0.286. The van der Waals surface area contributed by atoms with Gasteiger partial charge < -0.3 is 16.4 Å². The molecule has 0 saturated heterocycles. The maximum Gasteiger partial charge on any atom is 0.255 e. The van der Waals surface area contributed by atoms with Crippen LogP contribution in [0.5, 0.6) is 0 Å². The topological polar surface area (TPSA) is 95.8 Å². The Bertz CT molecular complexity index is 883. The molecule has 3 aromatic rings. The van der Waals surface area contributed by atoms with Gasteiger partial charge in [0.15, 0.2) is 5.82 Å². The number of nitrogens with zero attached hydrogens (tertiary/aromatic N) is 1. The van der Waals surface area contributed by atoms with Crippen LogP contribution in [0.4, 0.5) is 11.5 Å². The van der Waals surface area contributed by atoms with Crippen LogP contribution >= 0.6 is 0 Å². The number of hydrogen-bond acceptors (Lipinski definition) is 4. The summed E-state index contributed by atoms with van der Waals surface area (Å²) in [6.45, 7) is 1.74. The standard InChI is InChI=1S/C16H15N5O/c17-15-13-4-2-9(6-14(13)20-21-15)16(22)19-12-3-1-10-7-18-8-11(10)5-12/h1-6,18H,7-8H2,(H,19,22)(H3,17,20,21). The molecular weight excluding hydrogens is 278 g/mol. The van der Waals surface area contributed by atoms with Gasteiger partial charge >= 0.3 is 0 Å². The van der Waals surface area contributed by atoms with Crippen LogP contribution in [0.2, 0.25) is 0 Å². The van der Waals surface area contributed by atoms with Crippen molar-refractivity contribution in [3.63, 3.8) is 0 Å². The molecule has 1 amide bonds. The predicted molar refractivity (Wildman–Crippen MR) is 85.4 cm³/mol. The monoisotopic (exact) mass is 293 g/mol. The third-order valence-electron chi connectivity index (χ3n) is 3.95. The van der Waals surface area contributed by atoms with Gasteiger partial charge in [-0.2, -0.15) is 5.10 Å². The van der Waals surface area contributed by atoms with E-state index < -0.39 is 0 Å². The Labute approximate surface area is 126 Å². The van der Waals surface area contributed by atoms with E-state index in [2.05, 4.69) is 20.8 Å². The summed E-state index contributed by atoms with van der Waals surface area (Å²) in [6.07, 6.45) is 0. The zero-order valence-corrected chi connectivity index (χ0v) is 11.8. The van der Waals surface area contributed by atoms with Crippen molar-refractivity contribution >= 4 is 28.3 Å². The van der Waals surface area contributed by atoms with Gasteiger partial charge in [-0.25, -0.2) is 0 Å². The maximum absolute atomic E-state index is 12.4. The summed E-state index contributed by atoms with van der Waals surface area (Å²) in [4.78, 5) is 12.4. The highest BCUT2D eigenvalue weighted by molar-refractivity contribution is 6.06. The van der Waals surface area contributed by atoms with Gasteiger partial charge in [0.1, 0.15) is 0 Å². The number of hydrogen-bond donors (Lipinski definition) is 4. The fourth-order valence-corrected chi connectivity index (χ4v) is 2.76. The number of carbonyl (C=O) groups excluding carboxylic acids is 1. The summed E-state index contributed by atoms with van der Waals surface area (Å²) in [5.41, 5.74) is 10.4. The van der Waals surface area contributed by atoms with Crippen molar-refractivity contribution in [3.05, 3.63) is 53.1 Å². The van der Waals surface area contributed by atoms with E-state index in [0.29, 0.717) is 11.4 Å². The Morgan fingerprint density at radius 3 is 2.91 bits per heavy atom. The number of aromatic nitrogens is 2. The van der Waals surface area contributed by atoms with Crippen LogP contribution in [0.1, 0.15) is 21.5 Å². The normalized spacial score (nSPS) is 13.3. The van der Waals surface area contributed by atoms with Crippen LogP contribution in [0, 0.1) is 0 Å². The molecule has 0 fully saturated rings. The minimum Gasteiger partial charge on any atom is -0.382 e. The van der Waals surface area contributed by atoms with E-state index in [1.165, 1.54) is 11.1 Å². The average Bonchev–Trinajstić information content (AvgIpc) is 3.13. The van der Waals surface area contributed by atoms with Crippen molar-refractivity contribution in [1.82, 2.24) is 15.5 Å². The van der Waals surface area contributed by atoms with Crippen LogP contribution < -0.4 is 16.4 Å². The van der Waals surface area contributed by atoms with E-state index in [1.807, 2.05) is 18.2 Å². The molecule has 2 aromatic carbocycles. The number of H-pyrrole nitrogens is 1. The Kier molecular flexibility index (Phi) is 2.83. The van der Waals surface area contributed by atoms with Crippen LogP contribution in [-0.4, -0.2) is 16.1 Å². The lowest BCUT2D eigenvalue weighted by Gasteiger charge is -2.07. The first-order valence-electron chi connectivity index (χ1n) is 7.08. The molecule has 0 unspecified atom stereocenters. The molecule has 0 spiro atoms. The lowest BCUT2D eigenvalue weighted by atomic mass is 10.1. The Morgan fingerprint density at radius 1 is 1.14 bits per heavy atom. The van der Waals surface area contributed by atoms with Gasteiger partial charge in [0, 0.05) is 29.7 Å².